The Hall–Kier alpha value is -1.13. The number of halogens is 1. The average Bonchev–Trinajstić information content (AvgIpc) is 2.87. The fraction of sp³-hybridized carbons (Fsp3) is 0.0833. The van der Waals surface area contributed by atoms with Gasteiger partial charge in [-0.3, -0.25) is 0 Å². The van der Waals surface area contributed by atoms with Crippen LogP contribution >= 0.6 is 27.3 Å². The van der Waals surface area contributed by atoms with Crippen LogP contribution in [0.2, 0.25) is 0 Å². The van der Waals surface area contributed by atoms with Gasteiger partial charge < -0.3 is 4.57 Å². The van der Waals surface area contributed by atoms with Crippen molar-refractivity contribution in [3.63, 3.8) is 0 Å². The van der Waals surface area contributed by atoms with Gasteiger partial charge in [-0.25, -0.2) is 4.98 Å². The van der Waals surface area contributed by atoms with E-state index in [-0.39, 0.29) is 0 Å². The first-order valence-corrected chi connectivity index (χ1v) is 6.59. The van der Waals surface area contributed by atoms with E-state index < -0.39 is 0 Å². The summed E-state index contributed by atoms with van der Waals surface area (Å²) in [4.78, 5) is 5.85. The van der Waals surface area contributed by atoms with Gasteiger partial charge in [0.2, 0.25) is 0 Å². The quantitative estimate of drug-likeness (QED) is 0.661. The Kier molecular flexibility index (Phi) is 2.33. The van der Waals surface area contributed by atoms with Gasteiger partial charge in [0.1, 0.15) is 0 Å². The normalized spacial score (nSPS) is 11.1. The van der Waals surface area contributed by atoms with E-state index in [2.05, 4.69) is 56.1 Å². The highest BCUT2D eigenvalue weighted by Crippen LogP contribution is 2.28. The van der Waals surface area contributed by atoms with Crippen molar-refractivity contribution in [1.29, 1.82) is 0 Å². The van der Waals surface area contributed by atoms with E-state index in [4.69, 9.17) is 0 Å². The topological polar surface area (TPSA) is 17.8 Å². The van der Waals surface area contributed by atoms with Crippen molar-refractivity contribution in [2.45, 2.75) is 0 Å². The number of aryl methyl sites for hydroxylation is 1. The van der Waals surface area contributed by atoms with Gasteiger partial charge in [0, 0.05) is 11.5 Å². The van der Waals surface area contributed by atoms with Gasteiger partial charge in [0.15, 0.2) is 5.82 Å². The number of nitrogens with zero attached hydrogens (tertiary/aromatic N) is 2. The second kappa shape index (κ2) is 3.71. The van der Waals surface area contributed by atoms with Gasteiger partial charge in [-0.15, -0.1) is 11.3 Å². The Morgan fingerprint density at radius 2 is 2.19 bits per heavy atom. The first kappa shape index (κ1) is 10.1. The molecule has 0 atom stereocenters. The third-order valence-electron chi connectivity index (χ3n) is 2.58. The van der Waals surface area contributed by atoms with Crippen molar-refractivity contribution in [3.05, 3.63) is 40.2 Å². The Bertz CT molecular complexity index is 640. The van der Waals surface area contributed by atoms with Crippen LogP contribution in [0.3, 0.4) is 0 Å². The maximum Gasteiger partial charge on any atom is 0.150 e. The zero-order valence-corrected chi connectivity index (χ0v) is 11.0. The molecule has 0 aliphatic heterocycles. The van der Waals surface area contributed by atoms with Crippen LogP contribution in [0, 0.1) is 0 Å². The summed E-state index contributed by atoms with van der Waals surface area (Å²) in [6.07, 6.45) is 0. The molecule has 2 aromatic heterocycles. The highest BCUT2D eigenvalue weighted by molar-refractivity contribution is 9.10. The summed E-state index contributed by atoms with van der Waals surface area (Å²) in [5.74, 6) is 1.03. The van der Waals surface area contributed by atoms with Gasteiger partial charge in [0.05, 0.1) is 15.9 Å². The van der Waals surface area contributed by atoms with Crippen LogP contribution in [0.4, 0.5) is 0 Å². The predicted molar refractivity (Wildman–Crippen MR) is 71.7 cm³/mol. The van der Waals surface area contributed by atoms with Crippen LogP contribution < -0.4 is 0 Å². The minimum atomic E-state index is 1.03. The van der Waals surface area contributed by atoms with Gasteiger partial charge in [-0.1, -0.05) is 22.0 Å². The van der Waals surface area contributed by atoms with E-state index in [9.17, 15) is 0 Å². The minimum absolute atomic E-state index is 1.03. The van der Waals surface area contributed by atoms with E-state index in [0.717, 1.165) is 21.3 Å². The molecule has 0 unspecified atom stereocenters. The summed E-state index contributed by atoms with van der Waals surface area (Å²) in [6, 6.07) is 10.3. The fourth-order valence-electron chi connectivity index (χ4n) is 1.79. The van der Waals surface area contributed by atoms with Crippen molar-refractivity contribution >= 4 is 38.3 Å². The van der Waals surface area contributed by atoms with Crippen LogP contribution in [0.15, 0.2) is 40.2 Å². The smallest absolute Gasteiger partial charge is 0.150 e. The SMILES string of the molecule is Cn1c(-c2cccs2)nc2ccc(Br)cc21. The van der Waals surface area contributed by atoms with Crippen LogP contribution in [0.25, 0.3) is 21.7 Å². The number of imidazole rings is 1. The first-order chi connectivity index (χ1) is 7.75. The van der Waals surface area contributed by atoms with E-state index in [0.29, 0.717) is 0 Å². The lowest BCUT2D eigenvalue weighted by molar-refractivity contribution is 0.963. The zero-order chi connectivity index (χ0) is 11.1. The first-order valence-electron chi connectivity index (χ1n) is 4.91. The molecular formula is C12H9BrN2S. The molecule has 0 spiro atoms. The van der Waals surface area contributed by atoms with Gasteiger partial charge in [0.25, 0.3) is 0 Å². The summed E-state index contributed by atoms with van der Waals surface area (Å²) >= 11 is 5.20. The molecule has 0 radical (unpaired) electrons. The Labute approximate surface area is 106 Å². The molecule has 3 aromatic rings. The molecule has 0 aliphatic carbocycles. The van der Waals surface area contributed by atoms with Gasteiger partial charge >= 0.3 is 0 Å². The molecule has 1 aromatic carbocycles. The fourth-order valence-corrected chi connectivity index (χ4v) is 2.89. The largest absolute Gasteiger partial charge is 0.326 e. The van der Waals surface area contributed by atoms with Crippen LogP contribution in [0.5, 0.6) is 0 Å². The van der Waals surface area contributed by atoms with Crippen molar-refractivity contribution in [2.24, 2.45) is 7.05 Å². The van der Waals surface area contributed by atoms with Gasteiger partial charge in [-0.2, -0.15) is 0 Å². The van der Waals surface area contributed by atoms with E-state index in [1.807, 2.05) is 12.1 Å². The molecule has 80 valence electrons. The molecule has 2 nitrogen and oxygen atoms in total. The lowest BCUT2D eigenvalue weighted by Crippen LogP contribution is -1.90. The highest BCUT2D eigenvalue weighted by atomic mass is 79.9. The van der Waals surface area contributed by atoms with Crippen molar-refractivity contribution in [1.82, 2.24) is 9.55 Å². The molecule has 0 saturated carbocycles. The number of rotatable bonds is 1. The standard InChI is InChI=1S/C12H9BrN2S/c1-15-10-7-8(13)4-5-9(10)14-12(15)11-3-2-6-16-11/h2-7H,1H3. The minimum Gasteiger partial charge on any atom is -0.326 e. The third kappa shape index (κ3) is 1.49. The number of hydrogen-bond donors (Lipinski definition) is 0. The molecule has 4 heteroatoms. The third-order valence-corrected chi connectivity index (χ3v) is 3.94. The summed E-state index contributed by atoms with van der Waals surface area (Å²) in [6.45, 7) is 0. The van der Waals surface area contributed by atoms with Crippen molar-refractivity contribution < 1.29 is 0 Å². The summed E-state index contributed by atoms with van der Waals surface area (Å²) in [5.41, 5.74) is 2.19. The monoisotopic (exact) mass is 292 g/mol. The van der Waals surface area contributed by atoms with Crippen molar-refractivity contribution in [2.75, 3.05) is 0 Å². The zero-order valence-electron chi connectivity index (χ0n) is 8.64. The number of fused-ring (bicyclic) bond motifs is 1. The summed E-state index contributed by atoms with van der Waals surface area (Å²) in [7, 11) is 2.05. The van der Waals surface area contributed by atoms with Crippen molar-refractivity contribution in [3.8, 4) is 10.7 Å². The van der Waals surface area contributed by atoms with E-state index in [1.165, 1.54) is 4.88 Å². The van der Waals surface area contributed by atoms with Gasteiger partial charge in [-0.05, 0) is 29.6 Å². The molecule has 0 N–H and O–H groups in total. The predicted octanol–water partition coefficient (Wildman–Crippen LogP) is 4.06. The second-order valence-electron chi connectivity index (χ2n) is 3.60. The molecule has 16 heavy (non-hydrogen) atoms. The number of aromatic nitrogens is 2. The Morgan fingerprint density at radius 1 is 1.31 bits per heavy atom. The Balaban J connectivity index is 2.32. The number of hydrogen-bond acceptors (Lipinski definition) is 2. The van der Waals surface area contributed by atoms with E-state index in [1.54, 1.807) is 11.3 Å². The Morgan fingerprint density at radius 3 is 2.94 bits per heavy atom. The number of thiophene rings is 1. The summed E-state index contributed by atoms with van der Waals surface area (Å²) < 4.78 is 3.21. The maximum atomic E-state index is 4.65. The molecule has 0 saturated heterocycles. The van der Waals surface area contributed by atoms with Crippen LogP contribution in [0.1, 0.15) is 0 Å². The number of benzene rings is 1. The molecule has 0 amide bonds. The van der Waals surface area contributed by atoms with Crippen LogP contribution in [-0.2, 0) is 7.05 Å². The highest BCUT2D eigenvalue weighted by Gasteiger charge is 2.10. The molecule has 0 bridgehead atoms. The second-order valence-corrected chi connectivity index (χ2v) is 5.47. The summed E-state index contributed by atoms with van der Waals surface area (Å²) in [5, 5.41) is 2.07. The molecular weight excluding hydrogens is 284 g/mol. The lowest BCUT2D eigenvalue weighted by Gasteiger charge is -1.99. The van der Waals surface area contributed by atoms with E-state index >= 15 is 0 Å². The maximum absolute atomic E-state index is 4.65. The van der Waals surface area contributed by atoms with Crippen LogP contribution in [-0.4, -0.2) is 9.55 Å². The lowest BCUT2D eigenvalue weighted by atomic mass is 10.3. The molecule has 0 fully saturated rings. The average molecular weight is 293 g/mol. The molecule has 3 rings (SSSR count). The molecule has 2 heterocycles. The molecule has 0 aliphatic rings.